The van der Waals surface area contributed by atoms with Gasteiger partial charge < -0.3 is 91.6 Å². The second-order valence-electron chi connectivity index (χ2n) is 16.6. The average molecular weight is 997 g/mol. The number of hydrogen-bond acceptors (Lipinski definition) is 18. The fourth-order valence-corrected chi connectivity index (χ4v) is 8.02. The summed E-state index contributed by atoms with van der Waals surface area (Å²) >= 11 is 0. The fraction of sp³-hybridized carbons (Fsp3) is 0.609. The number of methoxy groups -OCH3 is 2. The second kappa shape index (κ2) is 29.2. The van der Waals surface area contributed by atoms with Crippen LogP contribution in [0.5, 0.6) is 0 Å². The molecule has 0 bridgehead atoms. The van der Waals surface area contributed by atoms with E-state index in [1.54, 1.807) is 13.8 Å². The van der Waals surface area contributed by atoms with Crippen molar-refractivity contribution in [1.82, 2.24) is 21.3 Å². The summed E-state index contributed by atoms with van der Waals surface area (Å²) in [5.41, 5.74) is 0.0482. The molecule has 2 rings (SSSR count). The predicted octanol–water partition coefficient (Wildman–Crippen LogP) is -4.24. The molecule has 0 aliphatic carbocycles. The number of rotatable bonds is 29. The molecule has 394 valence electrons. The van der Waals surface area contributed by atoms with Crippen LogP contribution < -0.4 is 31.1 Å². The summed E-state index contributed by atoms with van der Waals surface area (Å²) in [6.45, 7) is 1.81. The van der Waals surface area contributed by atoms with Gasteiger partial charge in [0.05, 0.1) is 87.5 Å². The minimum Gasteiger partial charge on any atom is -0.394 e. The molecule has 0 aromatic heterocycles. The molecule has 24 heteroatoms. The van der Waals surface area contributed by atoms with E-state index in [0.717, 1.165) is 9.80 Å². The maximum absolute atomic E-state index is 14.2. The SMILES string of the molecule is CCc1c(C(=O)NCC(O)CO)c(C)c(C(=O)NCC(O)CO)c(C)c1N(CC(O)C(O)CN(C(=O)COC)c1c(C)c(C(=O)NCC(O)CO)c(C)c(C(=O)NCC(O)CO)c1CC)C(=O)COC. The summed E-state index contributed by atoms with van der Waals surface area (Å²) in [5.74, 6) is -4.99. The molecule has 6 atom stereocenters. The van der Waals surface area contributed by atoms with E-state index in [2.05, 4.69) is 21.3 Å². The van der Waals surface area contributed by atoms with Crippen molar-refractivity contribution in [2.75, 3.05) is 103 Å². The first-order valence-corrected chi connectivity index (χ1v) is 22.6. The van der Waals surface area contributed by atoms with E-state index < -0.39 is 151 Å². The normalized spacial score (nSPS) is 13.9. The van der Waals surface area contributed by atoms with E-state index in [4.69, 9.17) is 9.47 Å². The Morgan fingerprint density at radius 1 is 0.457 bits per heavy atom. The van der Waals surface area contributed by atoms with Crippen LogP contribution in [0.4, 0.5) is 11.4 Å². The maximum atomic E-state index is 14.2. The van der Waals surface area contributed by atoms with Gasteiger partial charge in [-0.05, 0) is 73.9 Å². The van der Waals surface area contributed by atoms with E-state index >= 15 is 0 Å². The summed E-state index contributed by atoms with van der Waals surface area (Å²) < 4.78 is 10.4. The number of ether oxygens (including phenoxy) is 2. The lowest BCUT2D eigenvalue weighted by atomic mass is 9.87. The minimum absolute atomic E-state index is 0.0123. The van der Waals surface area contributed by atoms with Crippen LogP contribution in [0.3, 0.4) is 0 Å². The van der Waals surface area contributed by atoms with Crippen molar-refractivity contribution >= 4 is 46.8 Å². The molecule has 0 aliphatic heterocycles. The Morgan fingerprint density at radius 3 is 0.943 bits per heavy atom. The molecular formula is C46H72N6O18. The molecule has 0 spiro atoms. The van der Waals surface area contributed by atoms with Crippen molar-refractivity contribution in [3.8, 4) is 0 Å². The van der Waals surface area contributed by atoms with Gasteiger partial charge in [-0.3, -0.25) is 28.8 Å². The largest absolute Gasteiger partial charge is 0.394 e. The molecular weight excluding hydrogens is 925 g/mol. The van der Waals surface area contributed by atoms with Gasteiger partial charge in [-0.2, -0.15) is 0 Å². The van der Waals surface area contributed by atoms with Gasteiger partial charge in [-0.15, -0.1) is 0 Å². The van der Waals surface area contributed by atoms with Crippen LogP contribution in [0.25, 0.3) is 0 Å². The molecule has 0 heterocycles. The number of nitrogens with one attached hydrogen (secondary N) is 4. The lowest BCUT2D eigenvalue weighted by Crippen LogP contribution is -2.50. The van der Waals surface area contributed by atoms with Crippen LogP contribution in [0, 0.1) is 27.7 Å². The van der Waals surface area contributed by atoms with Gasteiger partial charge in [0.1, 0.15) is 13.2 Å². The molecule has 24 nitrogen and oxygen atoms in total. The highest BCUT2D eigenvalue weighted by atomic mass is 16.5. The highest BCUT2D eigenvalue weighted by Crippen LogP contribution is 2.38. The van der Waals surface area contributed by atoms with Crippen molar-refractivity contribution < 1.29 is 89.3 Å². The Hall–Kier alpha value is -5.22. The Balaban J connectivity index is 3.00. The van der Waals surface area contributed by atoms with Gasteiger partial charge in [0.15, 0.2) is 0 Å². The minimum atomic E-state index is -1.97. The Labute approximate surface area is 406 Å². The van der Waals surface area contributed by atoms with Crippen molar-refractivity contribution in [3.05, 3.63) is 55.6 Å². The van der Waals surface area contributed by atoms with Gasteiger partial charge in [-0.25, -0.2) is 0 Å². The van der Waals surface area contributed by atoms with E-state index in [9.17, 15) is 79.8 Å². The molecule has 0 fully saturated rings. The first-order chi connectivity index (χ1) is 33.1. The number of carbonyl (C=O) groups excluding carboxylic acids is 6. The van der Waals surface area contributed by atoms with Crippen molar-refractivity contribution in [3.63, 3.8) is 0 Å². The monoisotopic (exact) mass is 996 g/mol. The Morgan fingerprint density at radius 2 is 0.714 bits per heavy atom. The smallest absolute Gasteiger partial charge is 0.253 e. The number of anilines is 2. The first-order valence-electron chi connectivity index (χ1n) is 22.6. The first kappa shape index (κ1) is 60.9. The summed E-state index contributed by atoms with van der Waals surface area (Å²) in [5, 5.41) is 112. The van der Waals surface area contributed by atoms with Crippen molar-refractivity contribution in [2.24, 2.45) is 0 Å². The number of nitrogens with zero attached hydrogens (tertiary/aromatic N) is 2. The molecule has 0 saturated heterocycles. The lowest BCUT2D eigenvalue weighted by Gasteiger charge is -2.35. The number of aliphatic hydroxyl groups excluding tert-OH is 10. The zero-order chi connectivity index (χ0) is 53.2. The van der Waals surface area contributed by atoms with E-state index in [1.165, 1.54) is 41.9 Å². The van der Waals surface area contributed by atoms with E-state index in [0.29, 0.717) is 0 Å². The van der Waals surface area contributed by atoms with Crippen LogP contribution in [-0.2, 0) is 31.9 Å². The second-order valence-corrected chi connectivity index (χ2v) is 16.6. The van der Waals surface area contributed by atoms with Crippen LogP contribution in [-0.4, -0.2) is 216 Å². The highest BCUT2D eigenvalue weighted by molar-refractivity contribution is 6.10. The summed E-state index contributed by atoms with van der Waals surface area (Å²) in [6.07, 6.45) is -9.38. The van der Waals surface area contributed by atoms with Crippen molar-refractivity contribution in [2.45, 2.75) is 91.0 Å². The molecule has 14 N–H and O–H groups in total. The third-order valence-corrected chi connectivity index (χ3v) is 11.4. The lowest BCUT2D eigenvalue weighted by molar-refractivity contribution is -0.124. The molecule has 6 unspecified atom stereocenters. The van der Waals surface area contributed by atoms with Gasteiger partial charge in [0, 0.05) is 62.7 Å². The quantitative estimate of drug-likeness (QED) is 0.0367. The van der Waals surface area contributed by atoms with Crippen LogP contribution in [0.2, 0.25) is 0 Å². The van der Waals surface area contributed by atoms with Crippen LogP contribution in [0.15, 0.2) is 0 Å². The predicted molar refractivity (Wildman–Crippen MR) is 253 cm³/mol. The molecule has 0 aliphatic rings. The number of aliphatic hydroxyl groups is 10. The molecule has 70 heavy (non-hydrogen) atoms. The van der Waals surface area contributed by atoms with E-state index in [1.807, 2.05) is 0 Å². The standard InChI is InChI=1S/C46H72N6O18/c1-9-31-39(45(67)49-13-29(59)19-55)23(3)37(43(65)47-11-27(57)17-53)25(5)41(31)51(35(63)21-69-7)15-33(61)34(62)16-52(36(64)22-70-8)42-26(6)38(44(66)48-12-28(58)18-54)24(4)40(32(42)10-2)46(68)50-14-30(60)20-56/h27-30,33-34,53-62H,9-22H2,1-8H3,(H,47,65)(H,48,66)(H,49,67)(H,50,68). The van der Waals surface area contributed by atoms with Gasteiger partial charge in [0.25, 0.3) is 35.4 Å². The van der Waals surface area contributed by atoms with Crippen LogP contribution >= 0.6 is 0 Å². The maximum Gasteiger partial charge on any atom is 0.253 e. The number of hydrogen-bond donors (Lipinski definition) is 14. The zero-order valence-corrected chi connectivity index (χ0v) is 41.0. The van der Waals surface area contributed by atoms with Gasteiger partial charge in [0.2, 0.25) is 0 Å². The van der Waals surface area contributed by atoms with Crippen molar-refractivity contribution in [1.29, 1.82) is 0 Å². The van der Waals surface area contributed by atoms with Gasteiger partial charge >= 0.3 is 0 Å². The number of carbonyl (C=O) groups is 6. The number of benzene rings is 2. The summed E-state index contributed by atoms with van der Waals surface area (Å²) in [7, 11) is 2.42. The fourth-order valence-electron chi connectivity index (χ4n) is 8.02. The zero-order valence-electron chi connectivity index (χ0n) is 41.0. The Bertz CT molecular complexity index is 1990. The summed E-state index contributed by atoms with van der Waals surface area (Å²) in [6, 6.07) is 0. The van der Waals surface area contributed by atoms with Crippen LogP contribution in [0.1, 0.15) is 88.7 Å². The number of amides is 6. The topological polar surface area (TPSA) is 378 Å². The third-order valence-electron chi connectivity index (χ3n) is 11.4. The molecule has 6 amide bonds. The van der Waals surface area contributed by atoms with E-state index in [-0.39, 0.29) is 79.9 Å². The molecule has 2 aromatic rings. The molecule has 0 radical (unpaired) electrons. The Kier molecular flexibility index (Phi) is 25.4. The van der Waals surface area contributed by atoms with Gasteiger partial charge in [-0.1, -0.05) is 13.8 Å². The summed E-state index contributed by atoms with van der Waals surface area (Å²) in [4.78, 5) is 86.1. The third kappa shape index (κ3) is 15.4. The molecule has 2 aromatic carbocycles. The average Bonchev–Trinajstić information content (AvgIpc) is 3.33. The molecule has 0 saturated carbocycles. The highest BCUT2D eigenvalue weighted by Gasteiger charge is 2.36.